The maximum absolute atomic E-state index is 13.0. The summed E-state index contributed by atoms with van der Waals surface area (Å²) < 4.78 is 82.7. The molecule has 1 aliphatic carbocycles. The van der Waals surface area contributed by atoms with Crippen molar-refractivity contribution in [2.45, 2.75) is 50.4 Å². The molecule has 1 N–H and O–H groups in total. The Morgan fingerprint density at radius 2 is 1.76 bits per heavy atom. The summed E-state index contributed by atoms with van der Waals surface area (Å²) in [6.07, 6.45) is -10.9. The van der Waals surface area contributed by atoms with Gasteiger partial charge in [-0.1, -0.05) is 0 Å². The van der Waals surface area contributed by atoms with Crippen LogP contribution in [0.15, 0.2) is 24.3 Å². The summed E-state index contributed by atoms with van der Waals surface area (Å²) in [5.74, 6) is -0.765. The van der Waals surface area contributed by atoms with Gasteiger partial charge in [0.15, 0.2) is 0 Å². The molecule has 162 valence electrons. The van der Waals surface area contributed by atoms with Crippen LogP contribution in [0.2, 0.25) is 0 Å². The Hall–Kier alpha value is -2.01. The number of amides is 1. The second-order valence-electron chi connectivity index (χ2n) is 7.30. The number of hydrogen-bond acceptors (Lipinski definition) is 4. The summed E-state index contributed by atoms with van der Waals surface area (Å²) in [6, 6.07) is 4.79. The summed E-state index contributed by atoms with van der Waals surface area (Å²) in [4.78, 5) is 14.4. The van der Waals surface area contributed by atoms with Gasteiger partial charge in [0.25, 0.3) is 0 Å². The van der Waals surface area contributed by atoms with Crippen molar-refractivity contribution >= 4 is 11.6 Å². The van der Waals surface area contributed by atoms with Crippen molar-refractivity contribution in [3.63, 3.8) is 0 Å². The van der Waals surface area contributed by atoms with Crippen LogP contribution in [0.5, 0.6) is 5.75 Å². The van der Waals surface area contributed by atoms with Crippen molar-refractivity contribution in [3.8, 4) is 5.75 Å². The summed E-state index contributed by atoms with van der Waals surface area (Å²) in [7, 11) is 0. The highest BCUT2D eigenvalue weighted by Crippen LogP contribution is 2.47. The van der Waals surface area contributed by atoms with Gasteiger partial charge in [-0.2, -0.15) is 13.2 Å². The Morgan fingerprint density at radius 1 is 1.10 bits per heavy atom. The molecule has 3 rings (SSSR count). The number of carbonyl (C=O) groups excluding carboxylic acids is 1. The first-order chi connectivity index (χ1) is 13.4. The van der Waals surface area contributed by atoms with Gasteiger partial charge in [0.2, 0.25) is 5.91 Å². The molecule has 3 atom stereocenters. The fourth-order valence-electron chi connectivity index (χ4n) is 3.92. The third-order valence-electron chi connectivity index (χ3n) is 5.30. The summed E-state index contributed by atoms with van der Waals surface area (Å²) in [5.41, 5.74) is -0.600. The first-order valence-electron chi connectivity index (χ1n) is 8.93. The van der Waals surface area contributed by atoms with Crippen LogP contribution in [-0.4, -0.2) is 48.9 Å². The van der Waals surface area contributed by atoms with Crippen LogP contribution in [0, 0.1) is 5.41 Å². The number of aliphatic hydroxyl groups excluding tert-OH is 1. The highest BCUT2D eigenvalue weighted by atomic mass is 19.4. The summed E-state index contributed by atoms with van der Waals surface area (Å²) in [5, 5.41) is 9.98. The first kappa shape index (κ1) is 21.7. The Labute approximate surface area is 162 Å². The molecule has 1 aromatic rings. The maximum Gasteiger partial charge on any atom is 0.573 e. The van der Waals surface area contributed by atoms with Crippen LogP contribution in [0.1, 0.15) is 25.7 Å². The number of hydrogen-bond donors (Lipinski definition) is 1. The van der Waals surface area contributed by atoms with E-state index in [-0.39, 0.29) is 25.3 Å². The predicted octanol–water partition coefficient (Wildman–Crippen LogP) is 3.80. The van der Waals surface area contributed by atoms with Gasteiger partial charge in [-0.05, 0) is 49.9 Å². The van der Waals surface area contributed by atoms with Crippen molar-refractivity contribution in [2.24, 2.45) is 5.41 Å². The molecule has 1 spiro atoms. The molecular weight excluding hydrogens is 408 g/mol. The van der Waals surface area contributed by atoms with E-state index in [1.54, 1.807) is 0 Å². The minimum Gasteiger partial charge on any atom is -0.406 e. The first-order valence-corrected chi connectivity index (χ1v) is 8.93. The second-order valence-corrected chi connectivity index (χ2v) is 7.30. The third-order valence-corrected chi connectivity index (χ3v) is 5.30. The number of nitrogens with zero attached hydrogens (tertiary/aromatic N) is 1. The highest BCUT2D eigenvalue weighted by molar-refractivity contribution is 6.00. The van der Waals surface area contributed by atoms with Crippen LogP contribution in [0.25, 0.3) is 0 Å². The lowest BCUT2D eigenvalue weighted by Crippen LogP contribution is -2.46. The summed E-state index contributed by atoms with van der Waals surface area (Å²) in [6.45, 7) is -1.25. The Morgan fingerprint density at radius 3 is 2.34 bits per heavy atom. The maximum atomic E-state index is 13.0. The number of aliphatic hydroxyl groups is 1. The number of anilines is 1. The van der Waals surface area contributed by atoms with E-state index in [2.05, 4.69) is 4.74 Å². The molecule has 29 heavy (non-hydrogen) atoms. The van der Waals surface area contributed by atoms with Crippen LogP contribution in [-0.2, 0) is 9.53 Å². The van der Waals surface area contributed by atoms with E-state index in [9.17, 15) is 36.2 Å². The van der Waals surface area contributed by atoms with Crippen LogP contribution in [0.4, 0.5) is 32.0 Å². The SMILES string of the molecule is O=C1N(c2ccc(OC(F)(F)F)cc2)CC[C@@]12CC[C@H](O)[C@@H](OCC(F)(F)F)C2. The molecule has 1 aromatic carbocycles. The highest BCUT2D eigenvalue weighted by Gasteiger charge is 2.52. The van der Waals surface area contributed by atoms with E-state index >= 15 is 0 Å². The van der Waals surface area contributed by atoms with Crippen molar-refractivity contribution in [3.05, 3.63) is 24.3 Å². The Bertz CT molecular complexity index is 735. The number of halogens is 6. The van der Waals surface area contributed by atoms with Gasteiger partial charge in [-0.25, -0.2) is 0 Å². The topological polar surface area (TPSA) is 59.0 Å². The Kier molecular flexibility index (Phi) is 5.74. The smallest absolute Gasteiger partial charge is 0.406 e. The van der Waals surface area contributed by atoms with Crippen LogP contribution < -0.4 is 9.64 Å². The standard InChI is InChI=1S/C18H19F6NO4/c19-17(20,21)10-28-14-9-16(6-5-13(14)26)7-8-25(15(16)27)11-1-3-12(4-2-11)29-18(22,23)24/h1-4,13-14,26H,5-10H2/t13-,14-,16+/m0/s1. The van der Waals surface area contributed by atoms with E-state index in [0.717, 1.165) is 12.1 Å². The van der Waals surface area contributed by atoms with Gasteiger partial charge in [0.05, 0.1) is 17.6 Å². The lowest BCUT2D eigenvalue weighted by atomic mass is 9.70. The number of rotatable bonds is 4. The van der Waals surface area contributed by atoms with E-state index in [4.69, 9.17) is 4.74 Å². The zero-order chi connectivity index (χ0) is 21.4. The van der Waals surface area contributed by atoms with E-state index in [1.807, 2.05) is 0 Å². The molecular formula is C18H19F6NO4. The molecule has 5 nitrogen and oxygen atoms in total. The quantitative estimate of drug-likeness (QED) is 0.743. The zero-order valence-electron chi connectivity index (χ0n) is 15.1. The fraction of sp³-hybridized carbons (Fsp3) is 0.611. The average molecular weight is 427 g/mol. The van der Waals surface area contributed by atoms with Crippen molar-refractivity contribution in [1.82, 2.24) is 0 Å². The number of benzene rings is 1. The second kappa shape index (κ2) is 7.67. The van der Waals surface area contributed by atoms with Gasteiger partial charge < -0.3 is 19.5 Å². The van der Waals surface area contributed by atoms with Crippen molar-refractivity contribution in [1.29, 1.82) is 0 Å². The minimum atomic E-state index is -4.83. The number of alkyl halides is 6. The Balaban J connectivity index is 1.69. The molecule has 0 aromatic heterocycles. The predicted molar refractivity (Wildman–Crippen MR) is 88.2 cm³/mol. The molecule has 2 fully saturated rings. The molecule has 1 heterocycles. The molecule has 11 heteroatoms. The van der Waals surface area contributed by atoms with Gasteiger partial charge in [0.1, 0.15) is 12.4 Å². The molecule has 0 bridgehead atoms. The molecule has 1 saturated carbocycles. The molecule has 0 radical (unpaired) electrons. The zero-order valence-corrected chi connectivity index (χ0v) is 15.1. The van der Waals surface area contributed by atoms with Gasteiger partial charge in [-0.15, -0.1) is 13.2 Å². The molecule has 1 saturated heterocycles. The number of ether oxygens (including phenoxy) is 2. The van der Waals surface area contributed by atoms with E-state index in [0.29, 0.717) is 18.5 Å². The van der Waals surface area contributed by atoms with Crippen molar-refractivity contribution < 1.29 is 45.7 Å². The van der Waals surface area contributed by atoms with Gasteiger partial charge in [0, 0.05) is 12.2 Å². The fourth-order valence-corrected chi connectivity index (χ4v) is 3.92. The van der Waals surface area contributed by atoms with Crippen LogP contribution in [0.3, 0.4) is 0 Å². The largest absolute Gasteiger partial charge is 0.573 e. The third kappa shape index (κ3) is 5.13. The van der Waals surface area contributed by atoms with Crippen LogP contribution >= 0.6 is 0 Å². The molecule has 1 amide bonds. The van der Waals surface area contributed by atoms with E-state index in [1.165, 1.54) is 17.0 Å². The molecule has 2 aliphatic rings. The number of carbonyl (C=O) groups is 1. The lowest BCUT2D eigenvalue weighted by Gasteiger charge is -2.39. The van der Waals surface area contributed by atoms with Gasteiger partial charge in [-0.3, -0.25) is 4.79 Å². The molecule has 0 unspecified atom stereocenters. The molecule has 1 aliphatic heterocycles. The minimum absolute atomic E-state index is 0.0468. The lowest BCUT2D eigenvalue weighted by molar-refractivity contribution is -0.274. The summed E-state index contributed by atoms with van der Waals surface area (Å²) >= 11 is 0. The van der Waals surface area contributed by atoms with E-state index < -0.39 is 42.5 Å². The monoisotopic (exact) mass is 427 g/mol. The normalized spacial score (nSPS) is 28.2. The average Bonchev–Trinajstić information content (AvgIpc) is 2.91. The van der Waals surface area contributed by atoms with Gasteiger partial charge >= 0.3 is 12.5 Å². The van der Waals surface area contributed by atoms with Crippen molar-refractivity contribution in [2.75, 3.05) is 18.1 Å².